The van der Waals surface area contributed by atoms with Crippen molar-refractivity contribution in [1.82, 2.24) is 9.97 Å². The topological polar surface area (TPSA) is 111 Å². The van der Waals surface area contributed by atoms with Gasteiger partial charge in [0.2, 0.25) is 5.91 Å². The molecule has 2 aromatic rings. The normalized spacial score (nSPS) is 20.3. The van der Waals surface area contributed by atoms with E-state index in [0.29, 0.717) is 47.2 Å². The van der Waals surface area contributed by atoms with Crippen molar-refractivity contribution >= 4 is 35.1 Å². The van der Waals surface area contributed by atoms with Crippen LogP contribution in [0, 0.1) is 10.8 Å². The van der Waals surface area contributed by atoms with E-state index in [9.17, 15) is 14.7 Å². The number of carbonyl (C=O) groups excluding carboxylic acids is 2. The number of rotatable bonds is 7. The van der Waals surface area contributed by atoms with Gasteiger partial charge in [0.25, 0.3) is 5.91 Å². The zero-order chi connectivity index (χ0) is 26.4. The summed E-state index contributed by atoms with van der Waals surface area (Å²) in [6.45, 7) is 10.2. The Hall–Kier alpha value is -3.20. The van der Waals surface area contributed by atoms with Gasteiger partial charge in [-0.05, 0) is 74.6 Å². The number of nitrogens with one attached hydrogen (secondary N) is 2. The highest BCUT2D eigenvalue weighted by Gasteiger charge is 2.45. The summed E-state index contributed by atoms with van der Waals surface area (Å²) >= 11 is 0. The molecule has 0 radical (unpaired) electrons. The first-order chi connectivity index (χ1) is 17.5. The average Bonchev–Trinajstić information content (AvgIpc) is 3.54. The van der Waals surface area contributed by atoms with Crippen LogP contribution in [0.3, 0.4) is 0 Å². The van der Waals surface area contributed by atoms with Crippen molar-refractivity contribution in [3.05, 3.63) is 35.9 Å². The molecule has 4 heterocycles. The molecule has 3 fully saturated rings. The predicted molar refractivity (Wildman–Crippen MR) is 145 cm³/mol. The minimum atomic E-state index is -0.542. The van der Waals surface area contributed by atoms with Gasteiger partial charge in [-0.25, -0.2) is 9.97 Å². The van der Waals surface area contributed by atoms with Gasteiger partial charge in [0.15, 0.2) is 0 Å². The lowest BCUT2D eigenvalue weighted by Gasteiger charge is -2.34. The monoisotopic (exact) mass is 506 g/mol. The Balaban J connectivity index is 1.39. The van der Waals surface area contributed by atoms with E-state index in [-0.39, 0.29) is 23.8 Å². The number of nitrogens with zero attached hydrogens (tertiary/aromatic N) is 4. The lowest BCUT2D eigenvalue weighted by atomic mass is 9.93. The molecule has 1 aliphatic carbocycles. The molecule has 0 atom stereocenters. The third kappa shape index (κ3) is 5.56. The number of hydrogen-bond donors (Lipinski definition) is 3. The van der Waals surface area contributed by atoms with Crippen LogP contribution < -0.4 is 20.4 Å². The molecule has 1 saturated carbocycles. The minimum Gasteiger partial charge on any atom is -0.394 e. The second kappa shape index (κ2) is 9.28. The molecule has 2 aliphatic heterocycles. The maximum absolute atomic E-state index is 13.5. The van der Waals surface area contributed by atoms with Gasteiger partial charge in [-0.2, -0.15) is 0 Å². The maximum atomic E-state index is 13.5. The summed E-state index contributed by atoms with van der Waals surface area (Å²) in [6.07, 6.45) is 5.29. The van der Waals surface area contributed by atoms with Gasteiger partial charge >= 0.3 is 0 Å². The van der Waals surface area contributed by atoms with Crippen LogP contribution in [-0.2, 0) is 4.79 Å². The summed E-state index contributed by atoms with van der Waals surface area (Å²) in [5.74, 6) is 1.94. The lowest BCUT2D eigenvalue weighted by molar-refractivity contribution is -0.117. The quantitative estimate of drug-likeness (QED) is 0.519. The molecule has 0 bridgehead atoms. The van der Waals surface area contributed by atoms with Crippen LogP contribution in [0.25, 0.3) is 0 Å². The number of carbonyl (C=O) groups is 2. The summed E-state index contributed by atoms with van der Waals surface area (Å²) in [5, 5.41) is 15.9. The maximum Gasteiger partial charge on any atom is 0.260 e. The molecule has 9 heteroatoms. The summed E-state index contributed by atoms with van der Waals surface area (Å²) in [5.41, 5.74) is 0.330. The van der Waals surface area contributed by atoms with Gasteiger partial charge < -0.3 is 20.6 Å². The smallest absolute Gasteiger partial charge is 0.260 e. The number of pyridine rings is 2. The van der Waals surface area contributed by atoms with E-state index in [2.05, 4.69) is 34.4 Å². The van der Waals surface area contributed by atoms with Crippen LogP contribution in [0.2, 0.25) is 0 Å². The van der Waals surface area contributed by atoms with Crippen LogP contribution in [0.5, 0.6) is 0 Å². The largest absolute Gasteiger partial charge is 0.394 e. The Labute approximate surface area is 218 Å². The van der Waals surface area contributed by atoms with E-state index in [1.807, 2.05) is 13.8 Å². The van der Waals surface area contributed by atoms with Gasteiger partial charge in [-0.1, -0.05) is 19.9 Å². The van der Waals surface area contributed by atoms with Crippen molar-refractivity contribution in [3.63, 3.8) is 0 Å². The molecule has 9 nitrogen and oxygen atoms in total. The van der Waals surface area contributed by atoms with Gasteiger partial charge in [0, 0.05) is 26.1 Å². The molecule has 3 N–H and O–H groups in total. The number of hydrogen-bond acceptors (Lipinski definition) is 7. The molecule has 198 valence electrons. The second-order valence-corrected chi connectivity index (χ2v) is 12.4. The van der Waals surface area contributed by atoms with Crippen molar-refractivity contribution in [1.29, 1.82) is 0 Å². The lowest BCUT2D eigenvalue weighted by Crippen LogP contribution is -2.38. The predicted octanol–water partition coefficient (Wildman–Crippen LogP) is 4.06. The van der Waals surface area contributed by atoms with Gasteiger partial charge in [-0.3, -0.25) is 14.5 Å². The number of amides is 2. The fraction of sp³-hybridized carbons (Fsp3) is 0.571. The molecule has 37 heavy (non-hydrogen) atoms. The van der Waals surface area contributed by atoms with Crippen LogP contribution in [-0.4, -0.2) is 58.7 Å². The first-order valence-electron chi connectivity index (χ1n) is 13.2. The summed E-state index contributed by atoms with van der Waals surface area (Å²) in [4.78, 5) is 39.3. The van der Waals surface area contributed by atoms with Gasteiger partial charge in [0.1, 0.15) is 23.3 Å². The first-order valence-corrected chi connectivity index (χ1v) is 13.2. The van der Waals surface area contributed by atoms with Crippen molar-refractivity contribution in [3.8, 4) is 0 Å². The Morgan fingerprint density at radius 1 is 1.05 bits per heavy atom. The first kappa shape index (κ1) is 25.4. The standard InChI is InChI=1S/C28H38N6O3/c1-26(2)16-23(36)34(17-26)22-7-5-6-20(29-22)31-25(37)19-8-9-21(32-27(3,4)18-35)30-24(19)33-14-12-28(10-11-28)13-15-33/h5-9,35H,10-18H2,1-4H3,(H,30,32)(H,29,31,37). The molecule has 0 unspecified atom stereocenters. The third-order valence-corrected chi connectivity index (χ3v) is 7.83. The molecule has 5 rings (SSSR count). The molecule has 0 aromatic carbocycles. The summed E-state index contributed by atoms with van der Waals surface area (Å²) in [6, 6.07) is 8.89. The fourth-order valence-electron chi connectivity index (χ4n) is 5.30. The highest BCUT2D eigenvalue weighted by Crippen LogP contribution is 2.54. The Kier molecular flexibility index (Phi) is 6.38. The molecular formula is C28H38N6O3. The number of anilines is 4. The summed E-state index contributed by atoms with van der Waals surface area (Å²) < 4.78 is 0. The highest BCUT2D eigenvalue weighted by atomic mass is 16.3. The van der Waals surface area contributed by atoms with Crippen LogP contribution in [0.15, 0.2) is 30.3 Å². The van der Waals surface area contributed by atoms with Gasteiger partial charge in [-0.15, -0.1) is 0 Å². The Morgan fingerprint density at radius 2 is 1.78 bits per heavy atom. The fourth-order valence-corrected chi connectivity index (χ4v) is 5.30. The Bertz CT molecular complexity index is 1200. The van der Waals surface area contributed by atoms with Gasteiger partial charge in [0.05, 0.1) is 17.7 Å². The number of piperidine rings is 1. The van der Waals surface area contributed by atoms with E-state index < -0.39 is 5.54 Å². The number of aromatic nitrogens is 2. The van der Waals surface area contributed by atoms with Crippen molar-refractivity contribution in [2.45, 2.75) is 65.3 Å². The Morgan fingerprint density at radius 3 is 2.41 bits per heavy atom. The minimum absolute atomic E-state index is 0.0416. The van der Waals surface area contributed by atoms with E-state index >= 15 is 0 Å². The molecule has 1 spiro atoms. The van der Waals surface area contributed by atoms with E-state index in [1.54, 1.807) is 35.2 Å². The molecule has 2 aromatic heterocycles. The van der Waals surface area contributed by atoms with Crippen molar-refractivity contribution in [2.75, 3.05) is 46.7 Å². The van der Waals surface area contributed by atoms with Crippen molar-refractivity contribution < 1.29 is 14.7 Å². The number of aliphatic hydroxyl groups is 1. The molecule has 2 saturated heterocycles. The zero-order valence-electron chi connectivity index (χ0n) is 22.3. The zero-order valence-corrected chi connectivity index (χ0v) is 22.3. The second-order valence-electron chi connectivity index (χ2n) is 12.4. The summed E-state index contributed by atoms with van der Waals surface area (Å²) in [7, 11) is 0. The average molecular weight is 507 g/mol. The SMILES string of the molecule is CC1(C)CC(=O)N(c2cccc(NC(=O)c3ccc(NC(C)(C)CO)nc3N3CCC4(CC3)CC4)n2)C1. The van der Waals surface area contributed by atoms with Crippen molar-refractivity contribution in [2.24, 2.45) is 10.8 Å². The molecule has 3 aliphatic rings. The van der Waals surface area contributed by atoms with E-state index in [0.717, 1.165) is 25.9 Å². The third-order valence-electron chi connectivity index (χ3n) is 7.83. The van der Waals surface area contributed by atoms with Crippen LogP contribution >= 0.6 is 0 Å². The molecule has 2 amide bonds. The van der Waals surface area contributed by atoms with Crippen LogP contribution in [0.1, 0.15) is 70.2 Å². The van der Waals surface area contributed by atoms with E-state index in [1.165, 1.54) is 12.8 Å². The number of aliphatic hydroxyl groups excluding tert-OH is 1. The molecular weight excluding hydrogens is 468 g/mol. The highest BCUT2D eigenvalue weighted by molar-refractivity contribution is 6.07. The van der Waals surface area contributed by atoms with Crippen LogP contribution in [0.4, 0.5) is 23.3 Å². The van der Waals surface area contributed by atoms with E-state index in [4.69, 9.17) is 4.98 Å².